The fourth-order valence-electron chi connectivity index (χ4n) is 2.07. The minimum atomic E-state index is -0.0351. The average molecular weight is 309 g/mol. The van der Waals surface area contributed by atoms with Crippen molar-refractivity contribution in [1.82, 2.24) is 0 Å². The van der Waals surface area contributed by atoms with Crippen LogP contribution < -0.4 is 5.32 Å². The van der Waals surface area contributed by atoms with Gasteiger partial charge in [0.05, 0.1) is 11.5 Å². The number of nitrogens with one attached hydrogen (secondary N) is 1. The first-order valence-electron chi connectivity index (χ1n) is 6.98. The first-order chi connectivity index (χ1) is 10.8. The highest BCUT2D eigenvalue weighted by Crippen LogP contribution is 2.19. The van der Waals surface area contributed by atoms with Crippen LogP contribution in [0.3, 0.4) is 0 Å². The van der Waals surface area contributed by atoms with Crippen molar-refractivity contribution in [3.63, 3.8) is 0 Å². The van der Waals surface area contributed by atoms with Gasteiger partial charge in [-0.05, 0) is 17.7 Å². The second-order valence-corrected chi connectivity index (χ2v) is 5.83. The van der Waals surface area contributed by atoms with Gasteiger partial charge >= 0.3 is 0 Å². The third-order valence-corrected chi connectivity index (χ3v) is 4.10. The SMILES string of the molecule is O=C(CSC1=NN=C(c2ccccc2)C1)Nc1ccccc1. The number of carbonyl (C=O) groups is 1. The number of carbonyl (C=O) groups excluding carboxylic acids is 1. The molecule has 1 N–H and O–H groups in total. The lowest BCUT2D eigenvalue weighted by molar-refractivity contribution is -0.113. The van der Waals surface area contributed by atoms with E-state index in [2.05, 4.69) is 15.5 Å². The maximum atomic E-state index is 11.9. The fourth-order valence-corrected chi connectivity index (χ4v) is 2.77. The Bertz CT molecular complexity index is 711. The van der Waals surface area contributed by atoms with E-state index in [-0.39, 0.29) is 5.91 Å². The van der Waals surface area contributed by atoms with E-state index in [1.165, 1.54) is 11.8 Å². The summed E-state index contributed by atoms with van der Waals surface area (Å²) in [5, 5.41) is 12.1. The topological polar surface area (TPSA) is 53.8 Å². The molecule has 0 spiro atoms. The van der Waals surface area contributed by atoms with E-state index >= 15 is 0 Å². The summed E-state index contributed by atoms with van der Waals surface area (Å²) in [5.74, 6) is 0.303. The first kappa shape index (κ1) is 14.5. The lowest BCUT2D eigenvalue weighted by Crippen LogP contribution is -2.15. The number of benzene rings is 2. The van der Waals surface area contributed by atoms with Crippen LogP contribution in [0.15, 0.2) is 70.9 Å². The Morgan fingerprint density at radius 2 is 1.68 bits per heavy atom. The number of anilines is 1. The van der Waals surface area contributed by atoms with Gasteiger partial charge in [-0.25, -0.2) is 0 Å². The highest BCUT2D eigenvalue weighted by Gasteiger charge is 2.15. The third kappa shape index (κ3) is 3.83. The summed E-state index contributed by atoms with van der Waals surface area (Å²) in [5.41, 5.74) is 2.84. The van der Waals surface area contributed by atoms with Crippen molar-refractivity contribution < 1.29 is 4.79 Å². The second kappa shape index (κ2) is 7.04. The maximum absolute atomic E-state index is 11.9. The molecule has 2 aromatic rings. The van der Waals surface area contributed by atoms with Gasteiger partial charge in [-0.15, -0.1) is 5.10 Å². The molecule has 5 heteroatoms. The number of hydrogen-bond acceptors (Lipinski definition) is 4. The Balaban J connectivity index is 1.47. The van der Waals surface area contributed by atoms with Gasteiger partial charge in [-0.1, -0.05) is 60.3 Å². The summed E-state index contributed by atoms with van der Waals surface area (Å²) in [6.07, 6.45) is 0.688. The third-order valence-electron chi connectivity index (χ3n) is 3.14. The standard InChI is InChI=1S/C17H15N3OS/c21-16(18-14-9-5-2-6-10-14)12-22-17-11-15(19-20-17)13-7-3-1-4-8-13/h1-10H,11-12H2,(H,18,21). The molecule has 3 rings (SSSR count). The molecular formula is C17H15N3OS. The predicted molar refractivity (Wildman–Crippen MR) is 92.6 cm³/mol. The molecule has 2 aromatic carbocycles. The quantitative estimate of drug-likeness (QED) is 0.938. The molecule has 0 saturated heterocycles. The summed E-state index contributed by atoms with van der Waals surface area (Å²) in [4.78, 5) is 11.9. The summed E-state index contributed by atoms with van der Waals surface area (Å²) < 4.78 is 0. The van der Waals surface area contributed by atoms with Crippen LogP contribution in [0.2, 0.25) is 0 Å². The Labute approximate surface area is 133 Å². The monoisotopic (exact) mass is 309 g/mol. The van der Waals surface area contributed by atoms with Gasteiger partial charge in [-0.3, -0.25) is 4.79 Å². The van der Waals surface area contributed by atoms with E-state index in [0.717, 1.165) is 22.0 Å². The molecule has 1 aliphatic heterocycles. The smallest absolute Gasteiger partial charge is 0.234 e. The first-order valence-corrected chi connectivity index (χ1v) is 7.96. The van der Waals surface area contributed by atoms with E-state index in [1.807, 2.05) is 60.7 Å². The number of hydrogen-bond donors (Lipinski definition) is 1. The minimum Gasteiger partial charge on any atom is -0.325 e. The normalized spacial score (nSPS) is 13.5. The molecule has 1 aliphatic rings. The number of para-hydroxylation sites is 1. The van der Waals surface area contributed by atoms with Gasteiger partial charge in [0.2, 0.25) is 5.91 Å². The van der Waals surface area contributed by atoms with Crippen molar-refractivity contribution in [1.29, 1.82) is 0 Å². The van der Waals surface area contributed by atoms with Crippen molar-refractivity contribution in [2.45, 2.75) is 6.42 Å². The van der Waals surface area contributed by atoms with Crippen LogP contribution in [0.25, 0.3) is 0 Å². The van der Waals surface area contributed by atoms with Crippen molar-refractivity contribution in [2.24, 2.45) is 10.2 Å². The van der Waals surface area contributed by atoms with Crippen molar-refractivity contribution >= 4 is 34.1 Å². The number of amides is 1. The lowest BCUT2D eigenvalue weighted by Gasteiger charge is -2.04. The van der Waals surface area contributed by atoms with Gasteiger partial charge in [0.15, 0.2) is 0 Å². The van der Waals surface area contributed by atoms with Gasteiger partial charge < -0.3 is 5.32 Å². The predicted octanol–water partition coefficient (Wildman–Crippen LogP) is 3.56. The number of thioether (sulfide) groups is 1. The van der Waals surface area contributed by atoms with Crippen LogP contribution in [0.5, 0.6) is 0 Å². The van der Waals surface area contributed by atoms with Gasteiger partial charge in [0, 0.05) is 12.1 Å². The van der Waals surface area contributed by atoms with E-state index < -0.39 is 0 Å². The highest BCUT2D eigenvalue weighted by molar-refractivity contribution is 8.14. The molecule has 0 unspecified atom stereocenters. The van der Waals surface area contributed by atoms with Crippen LogP contribution in [0.4, 0.5) is 5.69 Å². The van der Waals surface area contributed by atoms with Gasteiger partial charge in [0.25, 0.3) is 0 Å². The zero-order chi connectivity index (χ0) is 15.2. The molecule has 0 radical (unpaired) electrons. The van der Waals surface area contributed by atoms with E-state index in [9.17, 15) is 4.79 Å². The molecule has 0 bridgehead atoms. The lowest BCUT2D eigenvalue weighted by atomic mass is 10.1. The van der Waals surface area contributed by atoms with Crippen LogP contribution in [0, 0.1) is 0 Å². The molecule has 1 heterocycles. The van der Waals surface area contributed by atoms with Crippen LogP contribution >= 0.6 is 11.8 Å². The van der Waals surface area contributed by atoms with Crippen molar-refractivity contribution in [3.05, 3.63) is 66.2 Å². The van der Waals surface area contributed by atoms with E-state index in [0.29, 0.717) is 12.2 Å². The van der Waals surface area contributed by atoms with Crippen LogP contribution in [0.1, 0.15) is 12.0 Å². The summed E-state index contributed by atoms with van der Waals surface area (Å²) in [7, 11) is 0. The molecule has 0 aliphatic carbocycles. The molecule has 1 amide bonds. The zero-order valence-electron chi connectivity index (χ0n) is 11.9. The van der Waals surface area contributed by atoms with Gasteiger partial charge in [-0.2, -0.15) is 5.10 Å². The largest absolute Gasteiger partial charge is 0.325 e. The maximum Gasteiger partial charge on any atom is 0.234 e. The van der Waals surface area contributed by atoms with Crippen LogP contribution in [-0.4, -0.2) is 22.4 Å². The van der Waals surface area contributed by atoms with Crippen molar-refractivity contribution in [3.8, 4) is 0 Å². The summed E-state index contributed by atoms with van der Waals surface area (Å²) >= 11 is 1.43. The van der Waals surface area contributed by atoms with Crippen molar-refractivity contribution in [2.75, 3.05) is 11.1 Å². The average Bonchev–Trinajstić information content (AvgIpc) is 3.04. The molecule has 0 atom stereocenters. The van der Waals surface area contributed by atoms with Gasteiger partial charge in [0.1, 0.15) is 5.04 Å². The second-order valence-electron chi connectivity index (χ2n) is 4.79. The van der Waals surface area contributed by atoms with Crippen LogP contribution in [-0.2, 0) is 4.79 Å². The highest BCUT2D eigenvalue weighted by atomic mass is 32.2. The molecular weight excluding hydrogens is 294 g/mol. The Hall–Kier alpha value is -2.40. The summed E-state index contributed by atoms with van der Waals surface area (Å²) in [6, 6.07) is 19.4. The molecule has 0 fully saturated rings. The number of nitrogens with zero attached hydrogens (tertiary/aromatic N) is 2. The Morgan fingerprint density at radius 1 is 1.00 bits per heavy atom. The number of rotatable bonds is 4. The molecule has 4 nitrogen and oxygen atoms in total. The van der Waals surface area contributed by atoms with E-state index in [1.54, 1.807) is 0 Å². The summed E-state index contributed by atoms with van der Waals surface area (Å²) in [6.45, 7) is 0. The molecule has 0 aromatic heterocycles. The minimum absolute atomic E-state index is 0.0351. The molecule has 0 saturated carbocycles. The molecule has 110 valence electrons. The Kier molecular flexibility index (Phi) is 4.65. The fraction of sp³-hybridized carbons (Fsp3) is 0.118. The molecule has 22 heavy (non-hydrogen) atoms. The Morgan fingerprint density at radius 3 is 2.41 bits per heavy atom. The zero-order valence-corrected chi connectivity index (χ0v) is 12.7. The van der Waals surface area contributed by atoms with E-state index in [4.69, 9.17) is 0 Å².